The number of thioether (sulfide) groups is 1. The van der Waals surface area contributed by atoms with Crippen molar-refractivity contribution in [2.45, 2.75) is 165 Å². The largest absolute Gasteiger partial charge is 0.389 e. The van der Waals surface area contributed by atoms with Crippen molar-refractivity contribution in [2.75, 3.05) is 75.9 Å². The van der Waals surface area contributed by atoms with E-state index in [4.69, 9.17) is 28.4 Å². The first-order valence-electron chi connectivity index (χ1n) is 20.4. The first-order chi connectivity index (χ1) is 26.2. The second-order valence-electron chi connectivity index (χ2n) is 15.6. The van der Waals surface area contributed by atoms with Crippen LogP contribution in [0.4, 0.5) is 0 Å². The van der Waals surface area contributed by atoms with Gasteiger partial charge in [-0.1, -0.05) is 37.1 Å². The molecule has 2 saturated heterocycles. The molecule has 0 aromatic carbocycles. The van der Waals surface area contributed by atoms with Crippen molar-refractivity contribution in [3.05, 3.63) is 23.3 Å². The lowest BCUT2D eigenvalue weighted by molar-refractivity contribution is 0.0445. The summed E-state index contributed by atoms with van der Waals surface area (Å²) in [6.45, 7) is 28.4. The van der Waals surface area contributed by atoms with Crippen LogP contribution in [0.5, 0.6) is 0 Å². The van der Waals surface area contributed by atoms with Gasteiger partial charge < -0.3 is 33.5 Å². The zero-order valence-corrected chi connectivity index (χ0v) is 43.0. The Morgan fingerprint density at radius 3 is 1.41 bits per heavy atom. The molecular weight excluding hydrogens is 841 g/mol. The van der Waals surface area contributed by atoms with Crippen LogP contribution in [-0.4, -0.2) is 131 Å². The molecule has 2 rings (SSSR count). The van der Waals surface area contributed by atoms with Gasteiger partial charge in [0.2, 0.25) is 0 Å². The molecule has 0 bridgehead atoms. The summed E-state index contributed by atoms with van der Waals surface area (Å²) < 4.78 is 32.4. The van der Waals surface area contributed by atoms with Gasteiger partial charge in [0.15, 0.2) is 0 Å². The lowest BCUT2D eigenvalue weighted by Gasteiger charge is -2.33. The van der Waals surface area contributed by atoms with Gasteiger partial charge in [0.25, 0.3) is 0 Å². The van der Waals surface area contributed by atoms with E-state index in [0.717, 1.165) is 55.1 Å². The van der Waals surface area contributed by atoms with E-state index in [2.05, 4.69) is 143 Å². The lowest BCUT2D eigenvalue weighted by Crippen LogP contribution is -2.38. The predicted molar refractivity (Wildman–Crippen MR) is 266 cm³/mol. The first-order valence-corrected chi connectivity index (χ1v) is 24.9. The minimum atomic E-state index is -0.694. The number of rotatable bonds is 28. The van der Waals surface area contributed by atoms with Gasteiger partial charge in [-0.2, -0.15) is 87.5 Å². The summed E-state index contributed by atoms with van der Waals surface area (Å²) in [6, 6.07) is 0. The smallest absolute Gasteiger partial charge is 0.0920 e. The van der Waals surface area contributed by atoms with E-state index in [9.17, 15) is 5.11 Å². The minimum absolute atomic E-state index is 0.00434. The second-order valence-corrected chi connectivity index (χ2v) is 20.5. The van der Waals surface area contributed by atoms with Gasteiger partial charge in [0.05, 0.1) is 81.9 Å². The molecule has 0 aromatic rings. The number of allylic oxidation sites excluding steroid dienone is 4. The maximum atomic E-state index is 11.1. The van der Waals surface area contributed by atoms with Crippen LogP contribution in [0.3, 0.4) is 0 Å². The molecule has 0 saturated carbocycles. The molecule has 8 unspecified atom stereocenters. The number of hydrogen-bond acceptors (Lipinski definition) is 14. The van der Waals surface area contributed by atoms with Gasteiger partial charge in [-0.05, 0) is 101 Å². The van der Waals surface area contributed by atoms with E-state index in [1.807, 2.05) is 32.5 Å². The molecule has 0 amide bonds. The van der Waals surface area contributed by atoms with E-state index in [0.29, 0.717) is 80.8 Å². The Balaban J connectivity index is 0. The molecule has 336 valence electrons. The molecule has 56 heavy (non-hydrogen) atoms. The maximum Gasteiger partial charge on any atom is 0.0920 e. The second kappa shape index (κ2) is 35.1. The summed E-state index contributed by atoms with van der Waals surface area (Å²) in [6.07, 6.45) is 11.3. The molecule has 8 atom stereocenters. The van der Waals surface area contributed by atoms with Crippen LogP contribution < -0.4 is 0 Å². The third kappa shape index (κ3) is 33.3. The predicted octanol–water partition coefficient (Wildman–Crippen LogP) is 10.2. The Morgan fingerprint density at radius 1 is 0.696 bits per heavy atom. The SMILES string of the molecule is CC(C)=CCCC(C)(O)C(CCC1(C)OC1C)SCCOCCOCCS.CC(C)=CCCC1(C)OC1C.CC(S)C(S)C(C)S.SCCOCCOCCS. The van der Waals surface area contributed by atoms with Crippen molar-refractivity contribution in [3.8, 4) is 0 Å². The molecule has 7 nitrogen and oxygen atoms in total. The highest BCUT2D eigenvalue weighted by molar-refractivity contribution is 8.00. The molecule has 0 spiro atoms. The molecule has 0 aliphatic carbocycles. The Hall–Kier alpha value is 1.65. The zero-order valence-electron chi connectivity index (χ0n) is 36.8. The first kappa shape index (κ1) is 59.7. The number of hydrogen-bond donors (Lipinski definition) is 7. The van der Waals surface area contributed by atoms with Crippen molar-refractivity contribution >= 4 is 87.5 Å². The van der Waals surface area contributed by atoms with Crippen LogP contribution in [-0.2, 0) is 28.4 Å². The Morgan fingerprint density at radius 2 is 1.07 bits per heavy atom. The number of ether oxygens (including phenoxy) is 6. The number of thiol groups is 6. The van der Waals surface area contributed by atoms with Gasteiger partial charge in [-0.15, -0.1) is 0 Å². The highest BCUT2D eigenvalue weighted by Crippen LogP contribution is 2.43. The van der Waals surface area contributed by atoms with Crippen LogP contribution >= 0.6 is 87.5 Å². The maximum absolute atomic E-state index is 11.1. The number of aliphatic hydroxyl groups is 1. The van der Waals surface area contributed by atoms with Crippen LogP contribution in [0.15, 0.2) is 23.3 Å². The van der Waals surface area contributed by atoms with Crippen molar-refractivity contribution in [3.63, 3.8) is 0 Å². The summed E-state index contributed by atoms with van der Waals surface area (Å²) in [5.74, 6) is 3.16. The summed E-state index contributed by atoms with van der Waals surface area (Å²) in [5.41, 5.74) is 2.21. The Labute approximate surface area is 382 Å². The van der Waals surface area contributed by atoms with Crippen LogP contribution in [0.2, 0.25) is 0 Å². The van der Waals surface area contributed by atoms with E-state index < -0.39 is 5.60 Å². The van der Waals surface area contributed by atoms with Crippen molar-refractivity contribution in [1.82, 2.24) is 0 Å². The molecular formula is C42H84O7S7. The van der Waals surface area contributed by atoms with E-state index in [1.54, 1.807) is 0 Å². The fraction of sp³-hybridized carbons (Fsp3) is 0.905. The zero-order chi connectivity index (χ0) is 43.2. The van der Waals surface area contributed by atoms with Crippen LogP contribution in [0, 0.1) is 0 Å². The normalized spacial score (nSPS) is 24.0. The highest BCUT2D eigenvalue weighted by Gasteiger charge is 2.49. The van der Waals surface area contributed by atoms with Gasteiger partial charge in [0, 0.05) is 44.0 Å². The summed E-state index contributed by atoms with van der Waals surface area (Å²) in [5, 5.41) is 12.2. The standard InChI is InChI=1S/C21H40O4S2.C10H18O.C6H14O2S2.C5H12S3/c1-17(2)7-6-9-20(4,22)19(8-10-21(5)18(3)25-21)27-16-14-24-12-11-23-13-15-26;1-8(2)6-5-7-10(4)9(3)11-10;9-5-3-7-1-2-8-4-6-10;1-3(6)5(8)4(2)7/h7,18-19,22,26H,6,8-16H2,1-5H3;6,9H,5,7H2,1-4H3;9-10H,1-6H2;3-8H,1-2H3. The van der Waals surface area contributed by atoms with E-state index in [1.165, 1.54) is 17.6 Å². The third-order valence-corrected chi connectivity index (χ3v) is 13.6. The minimum Gasteiger partial charge on any atom is -0.389 e. The molecule has 0 aromatic heterocycles. The molecule has 2 heterocycles. The van der Waals surface area contributed by atoms with Gasteiger partial charge in [-0.3, -0.25) is 0 Å². The average Bonchev–Trinajstić information content (AvgIpc) is 3.94. The van der Waals surface area contributed by atoms with Crippen LogP contribution in [0.25, 0.3) is 0 Å². The fourth-order valence-electron chi connectivity index (χ4n) is 5.21. The van der Waals surface area contributed by atoms with Crippen LogP contribution in [0.1, 0.15) is 115 Å². The average molecular weight is 926 g/mol. The monoisotopic (exact) mass is 924 g/mol. The van der Waals surface area contributed by atoms with Crippen molar-refractivity contribution in [1.29, 1.82) is 0 Å². The van der Waals surface area contributed by atoms with Gasteiger partial charge >= 0.3 is 0 Å². The van der Waals surface area contributed by atoms with Crippen molar-refractivity contribution < 1.29 is 33.5 Å². The molecule has 2 aliphatic heterocycles. The number of epoxide rings is 2. The molecule has 1 N–H and O–H groups in total. The molecule has 0 radical (unpaired) electrons. The van der Waals surface area contributed by atoms with E-state index in [-0.39, 0.29) is 16.5 Å². The lowest BCUT2D eigenvalue weighted by atomic mass is 9.90. The van der Waals surface area contributed by atoms with Crippen molar-refractivity contribution in [2.24, 2.45) is 0 Å². The summed E-state index contributed by atoms with van der Waals surface area (Å²) >= 11 is 26.6. The molecule has 2 fully saturated rings. The van der Waals surface area contributed by atoms with Gasteiger partial charge in [0.1, 0.15) is 0 Å². The molecule has 14 heteroatoms. The molecule has 2 aliphatic rings. The fourth-order valence-corrected chi connectivity index (χ4v) is 7.51. The summed E-state index contributed by atoms with van der Waals surface area (Å²) in [4.78, 5) is 0. The van der Waals surface area contributed by atoms with Gasteiger partial charge in [-0.25, -0.2) is 0 Å². The topological polar surface area (TPSA) is 82.2 Å². The third-order valence-electron chi connectivity index (χ3n) is 9.48. The summed E-state index contributed by atoms with van der Waals surface area (Å²) in [7, 11) is 0. The highest BCUT2D eigenvalue weighted by atomic mass is 32.2. The quantitative estimate of drug-likeness (QED) is 0.0181. The Kier molecular flexibility index (Phi) is 37.5. The Bertz CT molecular complexity index is 981. The van der Waals surface area contributed by atoms with E-state index >= 15 is 0 Å².